The molecular formula is C21H48OSi2. The van der Waals surface area contributed by atoms with Gasteiger partial charge in [0, 0.05) is 0 Å². The monoisotopic (exact) mass is 372 g/mol. The second kappa shape index (κ2) is 8.39. The molecule has 0 spiro atoms. The Labute approximate surface area is 156 Å². The van der Waals surface area contributed by atoms with Crippen molar-refractivity contribution in [1.29, 1.82) is 0 Å². The van der Waals surface area contributed by atoms with E-state index in [1.807, 2.05) is 0 Å². The van der Waals surface area contributed by atoms with Gasteiger partial charge in [0.15, 0.2) is 16.6 Å². The molecule has 0 bridgehead atoms. The topological polar surface area (TPSA) is 9.23 Å². The molecule has 3 heteroatoms. The largest absolute Gasteiger partial charge is 0.456 e. The van der Waals surface area contributed by atoms with Crippen molar-refractivity contribution in [3.05, 3.63) is 0 Å². The lowest BCUT2D eigenvalue weighted by atomic mass is 9.67. The van der Waals surface area contributed by atoms with Crippen molar-refractivity contribution >= 4 is 16.6 Å². The van der Waals surface area contributed by atoms with E-state index in [0.29, 0.717) is 10.8 Å². The van der Waals surface area contributed by atoms with Crippen LogP contribution < -0.4 is 0 Å². The van der Waals surface area contributed by atoms with Crippen molar-refractivity contribution in [3.63, 3.8) is 0 Å². The molecule has 0 aliphatic carbocycles. The minimum Gasteiger partial charge on any atom is -0.456 e. The summed E-state index contributed by atoms with van der Waals surface area (Å²) in [6, 6.07) is 1.31. The van der Waals surface area contributed by atoms with Gasteiger partial charge in [0.05, 0.1) is 0 Å². The van der Waals surface area contributed by atoms with E-state index in [9.17, 15) is 0 Å². The van der Waals surface area contributed by atoms with Crippen LogP contribution in [0.2, 0.25) is 38.8 Å². The zero-order chi connectivity index (χ0) is 19.6. The lowest BCUT2D eigenvalue weighted by molar-refractivity contribution is 0.113. The fraction of sp³-hybridized carbons (Fsp3) is 1.00. The minimum atomic E-state index is -1.62. The van der Waals surface area contributed by atoms with E-state index in [0.717, 1.165) is 17.8 Å². The highest BCUT2D eigenvalue weighted by Crippen LogP contribution is 2.44. The van der Waals surface area contributed by atoms with Gasteiger partial charge in [0.1, 0.15) is 0 Å². The number of hydrogen-bond acceptors (Lipinski definition) is 1. The Hall–Kier alpha value is 0.394. The highest BCUT2D eigenvalue weighted by atomic mass is 28.4. The fourth-order valence-corrected chi connectivity index (χ4v) is 12.7. The first kappa shape index (κ1) is 24.4. The summed E-state index contributed by atoms with van der Waals surface area (Å²) in [6.45, 7) is 31.3. The van der Waals surface area contributed by atoms with Gasteiger partial charge in [-0.15, -0.1) is 0 Å². The molecule has 0 aliphatic heterocycles. The quantitative estimate of drug-likeness (QED) is 0.375. The summed E-state index contributed by atoms with van der Waals surface area (Å²) < 4.78 is 6.70. The molecule has 0 aromatic rings. The summed E-state index contributed by atoms with van der Waals surface area (Å²) in [7, 11) is -3.08. The molecular weight excluding hydrogens is 324 g/mol. The van der Waals surface area contributed by atoms with E-state index in [1.54, 1.807) is 0 Å². The molecule has 0 saturated heterocycles. The van der Waals surface area contributed by atoms with E-state index in [2.05, 4.69) is 88.1 Å². The maximum atomic E-state index is 6.70. The third kappa shape index (κ3) is 9.19. The maximum Gasteiger partial charge on any atom is 0.173 e. The average Bonchev–Trinajstić information content (AvgIpc) is 2.31. The Bertz CT molecular complexity index is 374. The van der Waals surface area contributed by atoms with Gasteiger partial charge >= 0.3 is 0 Å². The summed E-state index contributed by atoms with van der Waals surface area (Å²) in [6.07, 6.45) is 2.59. The van der Waals surface area contributed by atoms with Crippen molar-refractivity contribution in [2.75, 3.05) is 0 Å². The van der Waals surface area contributed by atoms with E-state index in [4.69, 9.17) is 4.12 Å². The molecule has 0 fully saturated rings. The summed E-state index contributed by atoms with van der Waals surface area (Å²) in [5.74, 6) is 2.24. The number of rotatable bonds is 9. The third-order valence-corrected chi connectivity index (χ3v) is 12.2. The Morgan fingerprint density at radius 1 is 0.875 bits per heavy atom. The van der Waals surface area contributed by atoms with Gasteiger partial charge in [-0.25, -0.2) is 0 Å². The predicted octanol–water partition coefficient (Wildman–Crippen LogP) is 7.80. The molecule has 0 heterocycles. The van der Waals surface area contributed by atoms with Crippen LogP contribution >= 0.6 is 0 Å². The molecule has 24 heavy (non-hydrogen) atoms. The predicted molar refractivity (Wildman–Crippen MR) is 117 cm³/mol. The van der Waals surface area contributed by atoms with Crippen molar-refractivity contribution in [1.82, 2.24) is 0 Å². The van der Waals surface area contributed by atoms with Gasteiger partial charge in [-0.2, -0.15) is 0 Å². The van der Waals surface area contributed by atoms with Crippen LogP contribution in [0, 0.1) is 28.6 Å². The summed E-state index contributed by atoms with van der Waals surface area (Å²) in [4.78, 5) is 0. The minimum absolute atomic E-state index is 0.374. The normalized spacial score (nSPS) is 18.4. The van der Waals surface area contributed by atoms with E-state index < -0.39 is 16.6 Å². The highest BCUT2D eigenvalue weighted by molar-refractivity contribution is 6.84. The van der Waals surface area contributed by atoms with Crippen LogP contribution in [0.3, 0.4) is 0 Å². The smallest absolute Gasteiger partial charge is 0.173 e. The van der Waals surface area contributed by atoms with Crippen molar-refractivity contribution in [3.8, 4) is 0 Å². The molecule has 0 aromatic heterocycles. The van der Waals surface area contributed by atoms with Crippen LogP contribution in [-0.4, -0.2) is 16.6 Å². The second-order valence-electron chi connectivity index (χ2n) is 11.7. The zero-order valence-electron chi connectivity index (χ0n) is 19.3. The van der Waals surface area contributed by atoms with Crippen molar-refractivity contribution < 1.29 is 4.12 Å². The van der Waals surface area contributed by atoms with Gasteiger partial charge in [-0.1, -0.05) is 61.8 Å². The first-order chi connectivity index (χ1) is 10.4. The molecule has 1 nitrogen and oxygen atoms in total. The van der Waals surface area contributed by atoms with Crippen LogP contribution in [0.1, 0.15) is 68.2 Å². The Kier molecular flexibility index (Phi) is 8.53. The van der Waals surface area contributed by atoms with E-state index in [-0.39, 0.29) is 0 Å². The Morgan fingerprint density at radius 3 is 1.67 bits per heavy atom. The zero-order valence-corrected chi connectivity index (χ0v) is 21.3. The van der Waals surface area contributed by atoms with Gasteiger partial charge in [0.25, 0.3) is 0 Å². The van der Waals surface area contributed by atoms with Gasteiger partial charge in [-0.05, 0) is 73.8 Å². The van der Waals surface area contributed by atoms with Crippen LogP contribution in [0.15, 0.2) is 0 Å². The maximum absolute atomic E-state index is 6.70. The van der Waals surface area contributed by atoms with Crippen LogP contribution in [0.4, 0.5) is 0 Å². The van der Waals surface area contributed by atoms with Crippen LogP contribution in [-0.2, 0) is 4.12 Å². The standard InChI is InChI=1S/C21H48OSi2/c1-14-21(7,8)15-19(17(2)18(3)20(4,5)6)16-24(12,13)22-23(9,10)11/h17-19H,14-16H2,1-13H3. The summed E-state index contributed by atoms with van der Waals surface area (Å²) in [5.41, 5.74) is 0.805. The fourth-order valence-electron chi connectivity index (χ4n) is 4.00. The molecule has 3 atom stereocenters. The average molecular weight is 373 g/mol. The van der Waals surface area contributed by atoms with Gasteiger partial charge in [0.2, 0.25) is 0 Å². The van der Waals surface area contributed by atoms with Crippen molar-refractivity contribution in [2.24, 2.45) is 28.6 Å². The lowest BCUT2D eigenvalue weighted by Crippen LogP contribution is -2.45. The summed E-state index contributed by atoms with van der Waals surface area (Å²) >= 11 is 0. The lowest BCUT2D eigenvalue weighted by Gasteiger charge is -2.43. The molecule has 0 radical (unpaired) electrons. The Morgan fingerprint density at radius 2 is 1.33 bits per heavy atom. The molecule has 0 rings (SSSR count). The molecule has 0 saturated carbocycles. The first-order valence-corrected chi connectivity index (χ1v) is 16.6. The number of hydrogen-bond donors (Lipinski definition) is 0. The third-order valence-electron chi connectivity index (χ3n) is 6.01. The molecule has 3 unspecified atom stereocenters. The molecule has 0 amide bonds. The summed E-state index contributed by atoms with van der Waals surface area (Å²) in [5, 5.41) is 0. The second-order valence-corrected chi connectivity index (χ2v) is 20.6. The van der Waals surface area contributed by atoms with Gasteiger partial charge in [-0.3, -0.25) is 0 Å². The van der Waals surface area contributed by atoms with Crippen LogP contribution in [0.5, 0.6) is 0 Å². The molecule has 146 valence electrons. The highest BCUT2D eigenvalue weighted by Gasteiger charge is 2.39. The molecule has 0 aromatic carbocycles. The first-order valence-electron chi connectivity index (χ1n) is 10.1. The SMILES string of the molecule is CCC(C)(C)CC(C[Si](C)(C)O[Si](C)(C)C)C(C)C(C)C(C)(C)C. The Balaban J connectivity index is 5.41. The van der Waals surface area contributed by atoms with Gasteiger partial charge < -0.3 is 4.12 Å². The van der Waals surface area contributed by atoms with E-state index >= 15 is 0 Å². The van der Waals surface area contributed by atoms with E-state index in [1.165, 1.54) is 18.9 Å². The molecule has 0 aliphatic rings. The molecule has 0 N–H and O–H groups in total. The van der Waals surface area contributed by atoms with Crippen LogP contribution in [0.25, 0.3) is 0 Å². The van der Waals surface area contributed by atoms with Crippen molar-refractivity contribution in [2.45, 2.75) is 107 Å².